The minimum atomic E-state index is -0.709. The minimum Gasteiger partial charge on any atom is -0.504 e. The van der Waals surface area contributed by atoms with Crippen LogP contribution in [0.4, 0.5) is 0 Å². The summed E-state index contributed by atoms with van der Waals surface area (Å²) in [5, 5.41) is 32.6. The monoisotopic (exact) mass is 446 g/mol. The zero-order chi connectivity index (χ0) is 23.4. The molecule has 0 aliphatic rings. The first-order chi connectivity index (χ1) is 15.9. The maximum Gasteiger partial charge on any atom is 0.271 e. The van der Waals surface area contributed by atoms with Gasteiger partial charge in [0.25, 0.3) is 5.91 Å². The first kappa shape index (κ1) is 21.4. The Morgan fingerprint density at radius 3 is 2.45 bits per heavy atom. The van der Waals surface area contributed by atoms with Gasteiger partial charge in [0.15, 0.2) is 22.7 Å². The van der Waals surface area contributed by atoms with E-state index >= 15 is 0 Å². The van der Waals surface area contributed by atoms with Crippen LogP contribution in [-0.2, 0) is 6.61 Å². The fourth-order valence-corrected chi connectivity index (χ4v) is 2.99. The predicted octanol–water partition coefficient (Wildman–Crippen LogP) is 3.25. The number of phenolic OH excluding ortho intramolecular Hbond substituents is 3. The van der Waals surface area contributed by atoms with Gasteiger partial charge in [0, 0.05) is 5.56 Å². The van der Waals surface area contributed by atoms with Crippen molar-refractivity contribution in [2.45, 2.75) is 6.61 Å². The number of fused-ring (bicyclic) bond motifs is 1. The molecule has 4 aromatic rings. The SMILES string of the molecule is O=C(N/N=C/c1ccc(OCc2coc3ccccc3c2=O)cc1)c1cc(O)c(O)c(O)c1. The van der Waals surface area contributed by atoms with Crippen LogP contribution in [-0.4, -0.2) is 27.4 Å². The second-order valence-electron chi connectivity index (χ2n) is 7.01. The standard InChI is InChI=1S/C24H18N2O7/c27-19-9-15(10-20(28)23(19)30)24(31)26-25-11-14-5-7-17(8-6-14)32-12-16-13-33-21-4-2-1-3-18(21)22(16)29/h1-11,13,27-28,30H,12H2,(H,26,31)/b25-11+. The zero-order valence-electron chi connectivity index (χ0n) is 17.1. The lowest BCUT2D eigenvalue weighted by Crippen LogP contribution is -2.17. The van der Waals surface area contributed by atoms with Crippen molar-refractivity contribution in [2.24, 2.45) is 5.10 Å². The van der Waals surface area contributed by atoms with Gasteiger partial charge in [0.2, 0.25) is 0 Å². The van der Waals surface area contributed by atoms with Crippen LogP contribution in [0.25, 0.3) is 11.0 Å². The van der Waals surface area contributed by atoms with Crippen molar-refractivity contribution in [1.29, 1.82) is 0 Å². The Morgan fingerprint density at radius 2 is 1.73 bits per heavy atom. The number of phenols is 3. The van der Waals surface area contributed by atoms with E-state index in [1.807, 2.05) is 0 Å². The van der Waals surface area contributed by atoms with E-state index < -0.39 is 23.2 Å². The van der Waals surface area contributed by atoms with Crippen LogP contribution in [0.3, 0.4) is 0 Å². The van der Waals surface area contributed by atoms with Crippen LogP contribution in [0.1, 0.15) is 21.5 Å². The molecule has 0 bridgehead atoms. The summed E-state index contributed by atoms with van der Waals surface area (Å²) in [6.07, 6.45) is 2.78. The number of carbonyl (C=O) groups is 1. The Balaban J connectivity index is 1.36. The summed E-state index contributed by atoms with van der Waals surface area (Å²) in [6, 6.07) is 15.8. The van der Waals surface area contributed by atoms with Crippen molar-refractivity contribution in [1.82, 2.24) is 5.43 Å². The molecule has 0 saturated heterocycles. The lowest BCUT2D eigenvalue weighted by molar-refractivity contribution is 0.0954. The topological polar surface area (TPSA) is 142 Å². The van der Waals surface area contributed by atoms with E-state index in [4.69, 9.17) is 9.15 Å². The number of amides is 1. The van der Waals surface area contributed by atoms with Crippen LogP contribution in [0, 0.1) is 0 Å². The molecule has 3 aromatic carbocycles. The number of ether oxygens (including phenoxy) is 1. The lowest BCUT2D eigenvalue weighted by atomic mass is 10.2. The van der Waals surface area contributed by atoms with Crippen LogP contribution in [0.2, 0.25) is 0 Å². The van der Waals surface area contributed by atoms with Crippen LogP contribution >= 0.6 is 0 Å². The number of rotatable bonds is 6. The molecule has 4 rings (SSSR count). The molecule has 9 nitrogen and oxygen atoms in total. The summed E-state index contributed by atoms with van der Waals surface area (Å²) in [5.74, 6) is -2.12. The van der Waals surface area contributed by atoms with E-state index in [1.165, 1.54) is 12.5 Å². The van der Waals surface area contributed by atoms with Gasteiger partial charge in [-0.2, -0.15) is 5.10 Å². The molecule has 33 heavy (non-hydrogen) atoms. The summed E-state index contributed by atoms with van der Waals surface area (Å²) >= 11 is 0. The van der Waals surface area contributed by atoms with Crippen LogP contribution < -0.4 is 15.6 Å². The zero-order valence-corrected chi connectivity index (χ0v) is 17.1. The Kier molecular flexibility index (Phi) is 5.94. The normalized spacial score (nSPS) is 11.0. The highest BCUT2D eigenvalue weighted by molar-refractivity contribution is 5.96. The second kappa shape index (κ2) is 9.15. The summed E-state index contributed by atoms with van der Waals surface area (Å²) in [4.78, 5) is 24.6. The molecule has 0 fully saturated rings. The highest BCUT2D eigenvalue weighted by Gasteiger charge is 2.13. The van der Waals surface area contributed by atoms with Crippen molar-refractivity contribution in [3.8, 4) is 23.0 Å². The number of hydrogen-bond donors (Lipinski definition) is 4. The highest BCUT2D eigenvalue weighted by atomic mass is 16.5. The van der Waals surface area contributed by atoms with E-state index in [0.717, 1.165) is 12.1 Å². The van der Waals surface area contributed by atoms with Crippen molar-refractivity contribution >= 4 is 23.1 Å². The number of aromatic hydroxyl groups is 3. The van der Waals surface area contributed by atoms with Gasteiger partial charge in [-0.25, -0.2) is 5.43 Å². The summed E-state index contributed by atoms with van der Waals surface area (Å²) < 4.78 is 11.1. The van der Waals surface area contributed by atoms with Crippen molar-refractivity contribution < 1.29 is 29.3 Å². The van der Waals surface area contributed by atoms with Crippen molar-refractivity contribution in [3.05, 3.63) is 93.8 Å². The van der Waals surface area contributed by atoms with E-state index in [9.17, 15) is 24.9 Å². The Morgan fingerprint density at radius 1 is 1.03 bits per heavy atom. The van der Waals surface area contributed by atoms with Gasteiger partial charge >= 0.3 is 0 Å². The summed E-state index contributed by atoms with van der Waals surface area (Å²) in [6.45, 7) is 0.0446. The van der Waals surface area contributed by atoms with E-state index in [1.54, 1.807) is 48.5 Å². The minimum absolute atomic E-state index is 0.0446. The molecule has 0 radical (unpaired) electrons. The summed E-state index contributed by atoms with van der Waals surface area (Å²) in [5.41, 5.74) is 3.59. The molecule has 9 heteroatoms. The molecular weight excluding hydrogens is 428 g/mol. The number of nitrogens with zero attached hydrogens (tertiary/aromatic N) is 1. The Hall–Kier alpha value is -4.79. The molecule has 0 aliphatic heterocycles. The maximum atomic E-state index is 12.5. The molecule has 0 spiro atoms. The van der Waals surface area contributed by atoms with E-state index in [-0.39, 0.29) is 17.6 Å². The largest absolute Gasteiger partial charge is 0.504 e. The third-order valence-electron chi connectivity index (χ3n) is 4.74. The molecule has 0 unspecified atom stereocenters. The number of carbonyl (C=O) groups excluding carboxylic acids is 1. The van der Waals surface area contributed by atoms with Gasteiger partial charge in [-0.15, -0.1) is 0 Å². The second-order valence-corrected chi connectivity index (χ2v) is 7.01. The third-order valence-corrected chi connectivity index (χ3v) is 4.74. The van der Waals surface area contributed by atoms with Gasteiger partial charge in [0.05, 0.1) is 17.2 Å². The first-order valence-corrected chi connectivity index (χ1v) is 9.73. The lowest BCUT2D eigenvalue weighted by Gasteiger charge is -2.07. The fraction of sp³-hybridized carbons (Fsp3) is 0.0417. The Labute approximate surface area is 186 Å². The number of benzene rings is 3. The third kappa shape index (κ3) is 4.77. The molecule has 4 N–H and O–H groups in total. The van der Waals surface area contributed by atoms with Gasteiger partial charge in [-0.05, 0) is 54.1 Å². The van der Waals surface area contributed by atoms with E-state index in [2.05, 4.69) is 10.5 Å². The van der Waals surface area contributed by atoms with Gasteiger partial charge < -0.3 is 24.5 Å². The summed E-state index contributed by atoms with van der Waals surface area (Å²) in [7, 11) is 0. The quantitative estimate of drug-likeness (QED) is 0.202. The molecule has 166 valence electrons. The Bertz CT molecular complexity index is 1390. The number of hydrogen-bond acceptors (Lipinski definition) is 8. The van der Waals surface area contributed by atoms with Gasteiger partial charge in [-0.3, -0.25) is 9.59 Å². The number of para-hydroxylation sites is 1. The molecule has 0 atom stereocenters. The molecule has 1 amide bonds. The smallest absolute Gasteiger partial charge is 0.271 e. The average molecular weight is 446 g/mol. The predicted molar refractivity (Wildman–Crippen MR) is 120 cm³/mol. The van der Waals surface area contributed by atoms with Gasteiger partial charge in [0.1, 0.15) is 24.2 Å². The first-order valence-electron chi connectivity index (χ1n) is 9.73. The van der Waals surface area contributed by atoms with Crippen molar-refractivity contribution in [2.75, 3.05) is 0 Å². The highest BCUT2D eigenvalue weighted by Crippen LogP contribution is 2.35. The molecule has 0 aliphatic carbocycles. The molecule has 0 saturated carbocycles. The average Bonchev–Trinajstić information content (AvgIpc) is 2.82. The van der Waals surface area contributed by atoms with Crippen LogP contribution in [0.15, 0.2) is 81.2 Å². The molecule has 1 aromatic heterocycles. The molecular formula is C24H18N2O7. The van der Waals surface area contributed by atoms with Crippen molar-refractivity contribution in [3.63, 3.8) is 0 Å². The van der Waals surface area contributed by atoms with E-state index in [0.29, 0.717) is 27.8 Å². The fourth-order valence-electron chi connectivity index (χ4n) is 2.99. The van der Waals surface area contributed by atoms with Crippen LogP contribution in [0.5, 0.6) is 23.0 Å². The number of hydrazone groups is 1. The number of nitrogens with one attached hydrogen (secondary N) is 1. The maximum absolute atomic E-state index is 12.5. The molecule has 1 heterocycles. The van der Waals surface area contributed by atoms with Gasteiger partial charge in [-0.1, -0.05) is 12.1 Å².